The number of nitrogens with zero attached hydrogens (tertiary/aromatic N) is 1. The van der Waals surface area contributed by atoms with Gasteiger partial charge in [0.1, 0.15) is 0 Å². The van der Waals surface area contributed by atoms with Gasteiger partial charge in [-0.1, -0.05) is 13.3 Å². The molecular weight excluding hydrogens is 234 g/mol. The van der Waals surface area contributed by atoms with Crippen molar-refractivity contribution in [2.75, 3.05) is 32.8 Å². The molecule has 2 amide bonds. The van der Waals surface area contributed by atoms with Crippen LogP contribution in [0.4, 0.5) is 0 Å². The van der Waals surface area contributed by atoms with Crippen molar-refractivity contribution in [3.05, 3.63) is 0 Å². The van der Waals surface area contributed by atoms with E-state index in [1.807, 2.05) is 6.92 Å². The van der Waals surface area contributed by atoms with E-state index in [0.717, 1.165) is 6.42 Å². The van der Waals surface area contributed by atoms with Crippen LogP contribution in [0.3, 0.4) is 0 Å². The fourth-order valence-electron chi connectivity index (χ4n) is 1.92. The topological polar surface area (TPSA) is 84.7 Å². The number of carbonyl (C=O) groups excluding carboxylic acids is 2. The van der Waals surface area contributed by atoms with Crippen molar-refractivity contribution in [2.24, 2.45) is 5.73 Å². The molecule has 0 aliphatic carbocycles. The summed E-state index contributed by atoms with van der Waals surface area (Å²) in [6.07, 6.45) is 1.43. The number of ether oxygens (including phenoxy) is 1. The van der Waals surface area contributed by atoms with E-state index in [1.165, 1.54) is 0 Å². The summed E-state index contributed by atoms with van der Waals surface area (Å²) >= 11 is 0. The molecule has 1 atom stereocenters. The van der Waals surface area contributed by atoms with Crippen LogP contribution in [0.25, 0.3) is 0 Å². The number of nitrogens with two attached hydrogens (primary N) is 1. The lowest BCUT2D eigenvalue weighted by Gasteiger charge is -2.28. The van der Waals surface area contributed by atoms with Gasteiger partial charge in [-0.15, -0.1) is 0 Å². The Morgan fingerprint density at radius 2 is 2.00 bits per heavy atom. The molecule has 1 aliphatic rings. The summed E-state index contributed by atoms with van der Waals surface area (Å²) in [5.41, 5.74) is 4.98. The van der Waals surface area contributed by atoms with Crippen LogP contribution < -0.4 is 11.1 Å². The third-order valence-corrected chi connectivity index (χ3v) is 3.05. The summed E-state index contributed by atoms with van der Waals surface area (Å²) in [6, 6.07) is 0. The van der Waals surface area contributed by atoms with E-state index in [2.05, 4.69) is 5.32 Å². The lowest BCUT2D eigenvalue weighted by molar-refractivity contribution is -0.137. The lowest BCUT2D eigenvalue weighted by Crippen LogP contribution is -2.54. The molecule has 6 heteroatoms. The molecule has 0 bridgehead atoms. The van der Waals surface area contributed by atoms with Crippen molar-refractivity contribution >= 4 is 11.8 Å². The first-order valence-corrected chi connectivity index (χ1v) is 6.40. The number of nitrogens with one attached hydrogen (secondary N) is 1. The van der Waals surface area contributed by atoms with Gasteiger partial charge in [0.05, 0.1) is 25.3 Å². The van der Waals surface area contributed by atoms with Crippen LogP contribution in [0, 0.1) is 0 Å². The molecule has 0 aromatic heterocycles. The monoisotopic (exact) mass is 257 g/mol. The fourth-order valence-corrected chi connectivity index (χ4v) is 1.92. The fraction of sp³-hybridized carbons (Fsp3) is 0.833. The number of amides is 2. The largest absolute Gasteiger partial charge is 0.378 e. The zero-order valence-electron chi connectivity index (χ0n) is 11.2. The minimum atomic E-state index is -0.903. The molecule has 0 aromatic carbocycles. The normalized spacial score (nSPS) is 19.2. The molecule has 1 fully saturated rings. The van der Waals surface area contributed by atoms with E-state index >= 15 is 0 Å². The van der Waals surface area contributed by atoms with E-state index in [9.17, 15) is 9.59 Å². The molecule has 18 heavy (non-hydrogen) atoms. The van der Waals surface area contributed by atoms with Gasteiger partial charge in [-0.25, -0.2) is 0 Å². The van der Waals surface area contributed by atoms with Gasteiger partial charge in [-0.3, -0.25) is 9.59 Å². The van der Waals surface area contributed by atoms with E-state index in [-0.39, 0.29) is 18.4 Å². The first kappa shape index (κ1) is 14.9. The van der Waals surface area contributed by atoms with Gasteiger partial charge >= 0.3 is 0 Å². The Bertz CT molecular complexity index is 299. The minimum absolute atomic E-state index is 0.00926. The van der Waals surface area contributed by atoms with Crippen molar-refractivity contribution in [1.29, 1.82) is 0 Å². The molecule has 1 rings (SSSR count). The second kappa shape index (κ2) is 6.70. The summed E-state index contributed by atoms with van der Waals surface area (Å²) in [5, 5.41) is 2.61. The smallest absolute Gasteiger partial charge is 0.242 e. The molecule has 104 valence electrons. The maximum Gasteiger partial charge on any atom is 0.242 e. The molecule has 1 heterocycles. The summed E-state index contributed by atoms with van der Waals surface area (Å²) in [5.74, 6) is -0.357. The van der Waals surface area contributed by atoms with Gasteiger partial charge in [-0.05, 0) is 13.3 Å². The number of carbonyl (C=O) groups is 2. The zero-order valence-corrected chi connectivity index (χ0v) is 11.2. The molecule has 0 saturated carbocycles. The highest BCUT2D eigenvalue weighted by Gasteiger charge is 2.28. The summed E-state index contributed by atoms with van der Waals surface area (Å²) < 4.78 is 5.16. The van der Waals surface area contributed by atoms with Crippen LogP contribution in [0.5, 0.6) is 0 Å². The molecule has 1 saturated heterocycles. The highest BCUT2D eigenvalue weighted by Crippen LogP contribution is 2.08. The Morgan fingerprint density at radius 1 is 1.39 bits per heavy atom. The predicted molar refractivity (Wildman–Crippen MR) is 67.9 cm³/mol. The van der Waals surface area contributed by atoms with E-state index < -0.39 is 5.54 Å². The molecule has 1 unspecified atom stereocenters. The lowest BCUT2D eigenvalue weighted by atomic mass is 9.96. The summed E-state index contributed by atoms with van der Waals surface area (Å²) in [7, 11) is 0. The first-order valence-electron chi connectivity index (χ1n) is 6.40. The van der Waals surface area contributed by atoms with Gasteiger partial charge in [0.15, 0.2) is 0 Å². The molecule has 0 aromatic rings. The second-order valence-electron chi connectivity index (χ2n) is 4.84. The molecular formula is C12H23N3O3. The van der Waals surface area contributed by atoms with Gasteiger partial charge in [0, 0.05) is 13.1 Å². The van der Waals surface area contributed by atoms with Crippen molar-refractivity contribution in [1.82, 2.24) is 10.2 Å². The van der Waals surface area contributed by atoms with E-state index in [1.54, 1.807) is 11.8 Å². The average Bonchev–Trinajstić information content (AvgIpc) is 2.36. The van der Waals surface area contributed by atoms with Crippen molar-refractivity contribution < 1.29 is 14.3 Å². The van der Waals surface area contributed by atoms with Gasteiger partial charge in [-0.2, -0.15) is 0 Å². The summed E-state index contributed by atoms with van der Waals surface area (Å²) in [6.45, 7) is 5.96. The molecule has 3 N–H and O–H groups in total. The van der Waals surface area contributed by atoms with Crippen LogP contribution in [-0.2, 0) is 14.3 Å². The second-order valence-corrected chi connectivity index (χ2v) is 4.84. The highest BCUT2D eigenvalue weighted by atomic mass is 16.5. The first-order chi connectivity index (χ1) is 8.47. The standard InChI is InChI=1S/C12H23N3O3/c1-3-4-12(2,13)11(17)14-9-10(16)15-5-7-18-8-6-15/h3-9,13H2,1-2H3,(H,14,17). The predicted octanol–water partition coefficient (Wildman–Crippen LogP) is -0.521. The van der Waals surface area contributed by atoms with Crippen molar-refractivity contribution in [2.45, 2.75) is 32.2 Å². The third-order valence-electron chi connectivity index (χ3n) is 3.05. The zero-order chi connectivity index (χ0) is 13.6. The molecule has 1 aliphatic heterocycles. The molecule has 0 spiro atoms. The van der Waals surface area contributed by atoms with Crippen molar-refractivity contribution in [3.63, 3.8) is 0 Å². The quantitative estimate of drug-likeness (QED) is 0.694. The SMILES string of the molecule is CCCC(C)(N)C(=O)NCC(=O)N1CCOCC1. The molecule has 6 nitrogen and oxygen atoms in total. The maximum absolute atomic E-state index is 11.8. The number of morpholine rings is 1. The third kappa shape index (κ3) is 4.27. The average molecular weight is 257 g/mol. The summed E-state index contributed by atoms with van der Waals surface area (Å²) in [4.78, 5) is 25.3. The Balaban J connectivity index is 2.35. The number of hydrogen-bond acceptors (Lipinski definition) is 4. The van der Waals surface area contributed by atoms with Gasteiger partial charge in [0.25, 0.3) is 0 Å². The Kier molecular flexibility index (Phi) is 5.55. The van der Waals surface area contributed by atoms with Crippen LogP contribution >= 0.6 is 0 Å². The van der Waals surface area contributed by atoms with Gasteiger partial charge < -0.3 is 20.7 Å². The van der Waals surface area contributed by atoms with Gasteiger partial charge in [0.2, 0.25) is 11.8 Å². The molecule has 0 radical (unpaired) electrons. The highest BCUT2D eigenvalue weighted by molar-refractivity contribution is 5.89. The van der Waals surface area contributed by atoms with E-state index in [0.29, 0.717) is 32.7 Å². The Morgan fingerprint density at radius 3 is 2.56 bits per heavy atom. The maximum atomic E-state index is 11.8. The van der Waals surface area contributed by atoms with Crippen LogP contribution in [0.2, 0.25) is 0 Å². The number of rotatable bonds is 5. The Hall–Kier alpha value is -1.14. The Labute approximate surface area is 108 Å². The van der Waals surface area contributed by atoms with Crippen molar-refractivity contribution in [3.8, 4) is 0 Å². The van der Waals surface area contributed by atoms with Crippen LogP contribution in [-0.4, -0.2) is 55.1 Å². The van der Waals surface area contributed by atoms with Crippen LogP contribution in [0.15, 0.2) is 0 Å². The minimum Gasteiger partial charge on any atom is -0.378 e. The van der Waals surface area contributed by atoms with Crippen LogP contribution in [0.1, 0.15) is 26.7 Å². The number of hydrogen-bond donors (Lipinski definition) is 2. The van der Waals surface area contributed by atoms with E-state index in [4.69, 9.17) is 10.5 Å².